The maximum Gasteiger partial charge on any atom is 0.138 e. The summed E-state index contributed by atoms with van der Waals surface area (Å²) in [6.45, 7) is 4.19. The number of hydrogen-bond donors (Lipinski definition) is 1. The lowest BCUT2D eigenvalue weighted by Gasteiger charge is -2.15. The van der Waals surface area contributed by atoms with Gasteiger partial charge in [0.1, 0.15) is 17.9 Å². The van der Waals surface area contributed by atoms with Gasteiger partial charge in [-0.05, 0) is 33.0 Å². The van der Waals surface area contributed by atoms with Crippen molar-refractivity contribution in [2.75, 3.05) is 7.05 Å². The van der Waals surface area contributed by atoms with Crippen molar-refractivity contribution in [3.8, 4) is 0 Å². The Hall–Kier alpha value is -1.62. The SMILES string of the molecule is CNC(Cc1ncnn1C(C)C)c1ccco1. The van der Waals surface area contributed by atoms with Crippen LogP contribution in [0.25, 0.3) is 0 Å². The molecule has 0 radical (unpaired) electrons. The van der Waals surface area contributed by atoms with Gasteiger partial charge >= 0.3 is 0 Å². The highest BCUT2D eigenvalue weighted by Crippen LogP contribution is 2.18. The van der Waals surface area contributed by atoms with Crippen LogP contribution in [0.2, 0.25) is 0 Å². The first-order chi connectivity index (χ1) is 8.22. The molecule has 0 saturated carbocycles. The predicted octanol–water partition coefficient (Wildman–Crippen LogP) is 1.96. The molecule has 5 nitrogen and oxygen atoms in total. The summed E-state index contributed by atoms with van der Waals surface area (Å²) in [7, 11) is 1.92. The summed E-state index contributed by atoms with van der Waals surface area (Å²) in [4.78, 5) is 4.31. The molecule has 0 aliphatic carbocycles. The summed E-state index contributed by atoms with van der Waals surface area (Å²) in [6.07, 6.45) is 4.05. The lowest BCUT2D eigenvalue weighted by atomic mass is 10.1. The molecule has 2 aromatic heterocycles. The monoisotopic (exact) mass is 234 g/mol. The standard InChI is InChI=1S/C12H18N4O/c1-9(2)16-12(14-8-15-16)7-10(13-3)11-5-4-6-17-11/h4-6,8-10,13H,7H2,1-3H3. The summed E-state index contributed by atoms with van der Waals surface area (Å²) in [6, 6.07) is 4.32. The van der Waals surface area contributed by atoms with Gasteiger partial charge in [0.05, 0.1) is 12.3 Å². The van der Waals surface area contributed by atoms with E-state index < -0.39 is 0 Å². The van der Waals surface area contributed by atoms with Gasteiger partial charge in [0.25, 0.3) is 0 Å². The van der Waals surface area contributed by atoms with E-state index in [0.717, 1.165) is 18.0 Å². The molecule has 2 aromatic rings. The zero-order valence-corrected chi connectivity index (χ0v) is 10.4. The lowest BCUT2D eigenvalue weighted by molar-refractivity contribution is 0.410. The van der Waals surface area contributed by atoms with Crippen LogP contribution in [-0.2, 0) is 6.42 Å². The van der Waals surface area contributed by atoms with Crippen LogP contribution in [0.1, 0.15) is 37.5 Å². The second kappa shape index (κ2) is 5.14. The zero-order valence-electron chi connectivity index (χ0n) is 10.4. The molecular formula is C12H18N4O. The van der Waals surface area contributed by atoms with Crippen LogP contribution in [0.15, 0.2) is 29.1 Å². The highest BCUT2D eigenvalue weighted by atomic mass is 16.3. The lowest BCUT2D eigenvalue weighted by Crippen LogP contribution is -2.21. The van der Waals surface area contributed by atoms with Gasteiger partial charge < -0.3 is 9.73 Å². The molecule has 0 bridgehead atoms. The first-order valence-electron chi connectivity index (χ1n) is 5.81. The van der Waals surface area contributed by atoms with Gasteiger partial charge in [-0.1, -0.05) is 0 Å². The number of likely N-dealkylation sites (N-methyl/N-ethyl adjacent to an activating group) is 1. The number of aromatic nitrogens is 3. The topological polar surface area (TPSA) is 55.9 Å². The molecule has 2 rings (SSSR count). The van der Waals surface area contributed by atoms with E-state index in [-0.39, 0.29) is 6.04 Å². The molecule has 1 N–H and O–H groups in total. The van der Waals surface area contributed by atoms with Crippen molar-refractivity contribution in [1.82, 2.24) is 20.1 Å². The van der Waals surface area contributed by atoms with E-state index in [1.807, 2.05) is 23.9 Å². The molecule has 0 aromatic carbocycles. The van der Waals surface area contributed by atoms with Crippen LogP contribution in [0.4, 0.5) is 0 Å². The van der Waals surface area contributed by atoms with Gasteiger partial charge in [-0.3, -0.25) is 0 Å². The van der Waals surface area contributed by atoms with Gasteiger partial charge in [0.15, 0.2) is 0 Å². The van der Waals surface area contributed by atoms with Crippen molar-refractivity contribution < 1.29 is 4.42 Å². The summed E-state index contributed by atoms with van der Waals surface area (Å²) in [5.74, 6) is 1.89. The fraction of sp³-hybridized carbons (Fsp3) is 0.500. The third-order valence-electron chi connectivity index (χ3n) is 2.76. The molecule has 0 saturated heterocycles. The van der Waals surface area contributed by atoms with Gasteiger partial charge in [-0.2, -0.15) is 5.10 Å². The average molecular weight is 234 g/mol. The van der Waals surface area contributed by atoms with Crippen molar-refractivity contribution in [2.24, 2.45) is 0 Å². The normalized spacial score (nSPS) is 13.2. The number of hydrogen-bond acceptors (Lipinski definition) is 4. The number of nitrogens with one attached hydrogen (secondary N) is 1. The quantitative estimate of drug-likeness (QED) is 0.859. The molecule has 0 fully saturated rings. The molecule has 5 heteroatoms. The van der Waals surface area contributed by atoms with Crippen molar-refractivity contribution in [1.29, 1.82) is 0 Å². The predicted molar refractivity (Wildman–Crippen MR) is 64.6 cm³/mol. The summed E-state index contributed by atoms with van der Waals surface area (Å²) >= 11 is 0. The van der Waals surface area contributed by atoms with E-state index in [9.17, 15) is 0 Å². The molecule has 0 aliphatic heterocycles. The first-order valence-corrected chi connectivity index (χ1v) is 5.81. The Morgan fingerprint density at radius 3 is 2.88 bits per heavy atom. The Balaban J connectivity index is 2.16. The molecule has 0 aliphatic rings. The summed E-state index contributed by atoms with van der Waals surface area (Å²) < 4.78 is 7.35. The summed E-state index contributed by atoms with van der Waals surface area (Å²) in [5.41, 5.74) is 0. The fourth-order valence-electron chi connectivity index (χ4n) is 1.87. The second-order valence-corrected chi connectivity index (χ2v) is 4.28. The minimum Gasteiger partial charge on any atom is -0.468 e. The molecule has 2 heterocycles. The highest BCUT2D eigenvalue weighted by molar-refractivity contribution is 5.07. The molecule has 17 heavy (non-hydrogen) atoms. The smallest absolute Gasteiger partial charge is 0.138 e. The molecule has 0 spiro atoms. The second-order valence-electron chi connectivity index (χ2n) is 4.28. The fourth-order valence-corrected chi connectivity index (χ4v) is 1.87. The Kier molecular flexibility index (Phi) is 3.58. The van der Waals surface area contributed by atoms with Gasteiger partial charge in [-0.15, -0.1) is 0 Å². The van der Waals surface area contributed by atoms with Gasteiger partial charge in [0.2, 0.25) is 0 Å². The number of rotatable bonds is 5. The van der Waals surface area contributed by atoms with Crippen LogP contribution in [-0.4, -0.2) is 21.8 Å². The largest absolute Gasteiger partial charge is 0.468 e. The first kappa shape index (κ1) is 11.9. The molecule has 1 unspecified atom stereocenters. The van der Waals surface area contributed by atoms with Crippen LogP contribution >= 0.6 is 0 Å². The molecule has 1 atom stereocenters. The van der Waals surface area contributed by atoms with Crippen molar-refractivity contribution in [3.05, 3.63) is 36.3 Å². The van der Waals surface area contributed by atoms with Gasteiger partial charge in [0, 0.05) is 12.5 Å². The van der Waals surface area contributed by atoms with E-state index in [4.69, 9.17) is 4.42 Å². The summed E-state index contributed by atoms with van der Waals surface area (Å²) in [5, 5.41) is 7.47. The molecule has 92 valence electrons. The van der Waals surface area contributed by atoms with E-state index in [0.29, 0.717) is 6.04 Å². The van der Waals surface area contributed by atoms with Crippen LogP contribution < -0.4 is 5.32 Å². The average Bonchev–Trinajstić information content (AvgIpc) is 2.96. The minimum atomic E-state index is 0.131. The highest BCUT2D eigenvalue weighted by Gasteiger charge is 2.17. The minimum absolute atomic E-state index is 0.131. The Labute approximate surface area is 101 Å². The number of nitrogens with zero attached hydrogens (tertiary/aromatic N) is 3. The molecule has 0 amide bonds. The maximum absolute atomic E-state index is 5.42. The zero-order chi connectivity index (χ0) is 12.3. The van der Waals surface area contributed by atoms with Crippen molar-refractivity contribution >= 4 is 0 Å². The third kappa shape index (κ3) is 2.55. The van der Waals surface area contributed by atoms with E-state index in [1.54, 1.807) is 12.6 Å². The van der Waals surface area contributed by atoms with Gasteiger partial charge in [-0.25, -0.2) is 9.67 Å². The van der Waals surface area contributed by atoms with E-state index >= 15 is 0 Å². The van der Waals surface area contributed by atoms with E-state index in [2.05, 4.69) is 29.2 Å². The van der Waals surface area contributed by atoms with Crippen LogP contribution in [0, 0.1) is 0 Å². The Bertz CT molecular complexity index is 447. The Morgan fingerprint density at radius 1 is 1.47 bits per heavy atom. The maximum atomic E-state index is 5.42. The van der Waals surface area contributed by atoms with Crippen molar-refractivity contribution in [2.45, 2.75) is 32.4 Å². The van der Waals surface area contributed by atoms with E-state index in [1.165, 1.54) is 0 Å². The van der Waals surface area contributed by atoms with Crippen LogP contribution in [0.3, 0.4) is 0 Å². The van der Waals surface area contributed by atoms with Crippen LogP contribution in [0.5, 0.6) is 0 Å². The third-order valence-corrected chi connectivity index (χ3v) is 2.76. The molecular weight excluding hydrogens is 216 g/mol. The number of furan rings is 1. The Morgan fingerprint density at radius 2 is 2.29 bits per heavy atom. The van der Waals surface area contributed by atoms with Crippen molar-refractivity contribution in [3.63, 3.8) is 0 Å².